The van der Waals surface area contributed by atoms with Crippen LogP contribution in [0.2, 0.25) is 0 Å². The Hall–Kier alpha value is -1.11. The zero-order valence-electron chi connectivity index (χ0n) is 6.47. The number of aromatic carboxylic acids is 1. The molecule has 0 bridgehead atoms. The van der Waals surface area contributed by atoms with Crippen LogP contribution >= 0.6 is 15.9 Å². The predicted molar refractivity (Wildman–Crippen MR) is 43.8 cm³/mol. The number of nitrogens with zero attached hydrogens (tertiary/aromatic N) is 1. The fourth-order valence-electron chi connectivity index (χ4n) is 0.817. The van der Waals surface area contributed by atoms with Crippen molar-refractivity contribution in [2.75, 3.05) is 0 Å². The van der Waals surface area contributed by atoms with Gasteiger partial charge in [0, 0.05) is 10.7 Å². The first-order valence-corrected chi connectivity index (χ1v) is 4.09. The Kier molecular flexibility index (Phi) is 3.10. The smallest absolute Gasteiger partial charge is 0.341 e. The molecule has 1 heterocycles. The van der Waals surface area contributed by atoms with Crippen molar-refractivity contribution in [3.63, 3.8) is 0 Å². The molecule has 14 heavy (non-hydrogen) atoms. The van der Waals surface area contributed by atoms with Crippen molar-refractivity contribution in [3.05, 3.63) is 27.7 Å². The van der Waals surface area contributed by atoms with Gasteiger partial charge in [0.2, 0.25) is 5.95 Å². The quantitative estimate of drug-likeness (QED) is 0.840. The molecule has 1 aromatic rings. The minimum absolute atomic E-state index is 0.479. The molecular weight excluding hydrogens is 267 g/mol. The van der Waals surface area contributed by atoms with Gasteiger partial charge in [-0.3, -0.25) is 0 Å². The Morgan fingerprint density at radius 2 is 2.14 bits per heavy atom. The lowest BCUT2D eigenvalue weighted by Gasteiger charge is -2.05. The maximum Gasteiger partial charge on any atom is 0.341 e. The summed E-state index contributed by atoms with van der Waals surface area (Å²) in [5.41, 5.74) is -1.54. The number of carboxylic acids is 1. The van der Waals surface area contributed by atoms with Gasteiger partial charge in [0.15, 0.2) is 0 Å². The molecule has 1 rings (SSSR count). The second kappa shape index (κ2) is 3.95. The highest BCUT2D eigenvalue weighted by atomic mass is 79.9. The number of aromatic nitrogens is 1. The fourth-order valence-corrected chi connectivity index (χ4v) is 1.43. The molecule has 3 nitrogen and oxygen atoms in total. The molecule has 0 saturated carbocycles. The molecule has 7 heteroatoms. The summed E-state index contributed by atoms with van der Waals surface area (Å²) in [6.45, 7) is 0. The molecule has 1 N–H and O–H groups in total. The third-order valence-electron chi connectivity index (χ3n) is 1.45. The van der Waals surface area contributed by atoms with E-state index in [4.69, 9.17) is 5.11 Å². The van der Waals surface area contributed by atoms with Crippen LogP contribution in [0.4, 0.5) is 13.2 Å². The maximum atomic E-state index is 12.8. The molecule has 0 aromatic carbocycles. The van der Waals surface area contributed by atoms with Crippen LogP contribution in [-0.4, -0.2) is 16.1 Å². The molecule has 76 valence electrons. The normalized spacial score (nSPS) is 10.6. The average molecular weight is 270 g/mol. The van der Waals surface area contributed by atoms with E-state index in [2.05, 4.69) is 20.9 Å². The SMILES string of the molecule is O=C(O)c1c(F)ncc(C(F)F)c1Br. The number of halogens is 4. The van der Waals surface area contributed by atoms with Crippen molar-refractivity contribution in [1.29, 1.82) is 0 Å². The lowest BCUT2D eigenvalue weighted by atomic mass is 10.2. The van der Waals surface area contributed by atoms with Crippen molar-refractivity contribution >= 4 is 21.9 Å². The van der Waals surface area contributed by atoms with Gasteiger partial charge in [0.05, 0.1) is 5.56 Å². The van der Waals surface area contributed by atoms with Crippen LogP contribution in [0.15, 0.2) is 10.7 Å². The van der Waals surface area contributed by atoms with E-state index in [1.54, 1.807) is 0 Å². The van der Waals surface area contributed by atoms with Gasteiger partial charge in [0.25, 0.3) is 6.43 Å². The number of hydrogen-bond donors (Lipinski definition) is 1. The van der Waals surface area contributed by atoms with Gasteiger partial charge in [-0.15, -0.1) is 0 Å². The summed E-state index contributed by atoms with van der Waals surface area (Å²) in [4.78, 5) is 13.4. The van der Waals surface area contributed by atoms with Gasteiger partial charge >= 0.3 is 5.97 Å². The Balaban J connectivity index is 3.41. The molecule has 0 aliphatic heterocycles. The maximum absolute atomic E-state index is 12.8. The first-order chi connectivity index (χ1) is 6.45. The lowest BCUT2D eigenvalue weighted by molar-refractivity contribution is 0.0688. The van der Waals surface area contributed by atoms with Crippen molar-refractivity contribution < 1.29 is 23.1 Å². The largest absolute Gasteiger partial charge is 0.477 e. The zero-order valence-corrected chi connectivity index (χ0v) is 8.06. The van der Waals surface area contributed by atoms with E-state index < -0.39 is 33.9 Å². The monoisotopic (exact) mass is 269 g/mol. The third kappa shape index (κ3) is 1.87. The molecule has 0 fully saturated rings. The van der Waals surface area contributed by atoms with E-state index in [9.17, 15) is 18.0 Å². The van der Waals surface area contributed by atoms with E-state index in [0.717, 1.165) is 0 Å². The molecule has 0 aliphatic carbocycles. The predicted octanol–water partition coefficient (Wildman–Crippen LogP) is 2.62. The van der Waals surface area contributed by atoms with Crippen LogP contribution in [0.3, 0.4) is 0 Å². The van der Waals surface area contributed by atoms with Gasteiger partial charge in [-0.2, -0.15) is 4.39 Å². The van der Waals surface area contributed by atoms with Crippen LogP contribution in [0, 0.1) is 5.95 Å². The number of hydrogen-bond acceptors (Lipinski definition) is 2. The van der Waals surface area contributed by atoms with Crippen molar-refractivity contribution in [1.82, 2.24) is 4.98 Å². The summed E-state index contributed by atoms with van der Waals surface area (Å²) in [5, 5.41) is 8.50. The van der Waals surface area contributed by atoms with E-state index >= 15 is 0 Å². The number of carboxylic acid groups (broad SMARTS) is 1. The fraction of sp³-hybridized carbons (Fsp3) is 0.143. The Morgan fingerprint density at radius 3 is 2.57 bits per heavy atom. The second-order valence-electron chi connectivity index (χ2n) is 2.30. The Bertz CT molecular complexity index is 383. The summed E-state index contributed by atoms with van der Waals surface area (Å²) >= 11 is 2.59. The van der Waals surface area contributed by atoms with Crippen molar-refractivity contribution in [3.8, 4) is 0 Å². The minimum atomic E-state index is -2.91. The highest BCUT2D eigenvalue weighted by Gasteiger charge is 2.22. The molecule has 0 aliphatic rings. The van der Waals surface area contributed by atoms with Crippen molar-refractivity contribution in [2.24, 2.45) is 0 Å². The molecule has 0 unspecified atom stereocenters. The van der Waals surface area contributed by atoms with Gasteiger partial charge in [-0.1, -0.05) is 0 Å². The number of alkyl halides is 2. The highest BCUT2D eigenvalue weighted by molar-refractivity contribution is 9.10. The van der Waals surface area contributed by atoms with Crippen LogP contribution in [0.5, 0.6) is 0 Å². The summed E-state index contributed by atoms with van der Waals surface area (Å²) in [6.07, 6.45) is -2.31. The highest BCUT2D eigenvalue weighted by Crippen LogP contribution is 2.30. The van der Waals surface area contributed by atoms with E-state index in [1.165, 1.54) is 0 Å². The first-order valence-electron chi connectivity index (χ1n) is 3.30. The topological polar surface area (TPSA) is 50.2 Å². The van der Waals surface area contributed by atoms with Crippen molar-refractivity contribution in [2.45, 2.75) is 6.43 Å². The summed E-state index contributed by atoms with van der Waals surface area (Å²) < 4.78 is 36.7. The third-order valence-corrected chi connectivity index (χ3v) is 2.30. The van der Waals surface area contributed by atoms with Gasteiger partial charge in [-0.05, 0) is 15.9 Å². The van der Waals surface area contributed by atoms with Gasteiger partial charge in [0.1, 0.15) is 5.56 Å². The average Bonchev–Trinajstić information content (AvgIpc) is 2.02. The first kappa shape index (κ1) is 11.0. The molecule has 0 atom stereocenters. The van der Waals surface area contributed by atoms with E-state index in [-0.39, 0.29) is 0 Å². The summed E-state index contributed by atoms with van der Waals surface area (Å²) in [7, 11) is 0. The zero-order chi connectivity index (χ0) is 10.9. The Labute approximate surface area is 84.7 Å². The minimum Gasteiger partial charge on any atom is -0.477 e. The van der Waals surface area contributed by atoms with Crippen LogP contribution < -0.4 is 0 Å². The number of carbonyl (C=O) groups is 1. The standard InChI is InChI=1S/C7H3BrF3NO2/c8-4-2(5(9)10)1-12-6(11)3(4)7(13)14/h1,5H,(H,13,14). The summed E-state index contributed by atoms with van der Waals surface area (Å²) in [5.74, 6) is -2.95. The van der Waals surface area contributed by atoms with E-state index in [0.29, 0.717) is 6.20 Å². The van der Waals surface area contributed by atoms with Crippen LogP contribution in [0.25, 0.3) is 0 Å². The second-order valence-corrected chi connectivity index (χ2v) is 3.09. The number of pyridine rings is 1. The molecule has 0 radical (unpaired) electrons. The van der Waals surface area contributed by atoms with Crippen LogP contribution in [0.1, 0.15) is 22.3 Å². The lowest BCUT2D eigenvalue weighted by Crippen LogP contribution is -2.06. The molecular formula is C7H3BrF3NO2. The molecule has 1 aromatic heterocycles. The van der Waals surface area contributed by atoms with Gasteiger partial charge < -0.3 is 5.11 Å². The Morgan fingerprint density at radius 1 is 1.57 bits per heavy atom. The van der Waals surface area contributed by atoms with Crippen LogP contribution in [-0.2, 0) is 0 Å². The summed E-state index contributed by atoms with van der Waals surface area (Å²) in [6, 6.07) is 0. The van der Waals surface area contributed by atoms with E-state index in [1.807, 2.05) is 0 Å². The molecule has 0 amide bonds. The molecule has 0 spiro atoms. The van der Waals surface area contributed by atoms with Gasteiger partial charge in [-0.25, -0.2) is 18.6 Å². The number of rotatable bonds is 2. The molecule has 0 saturated heterocycles.